The van der Waals surface area contributed by atoms with Gasteiger partial charge in [-0.25, -0.2) is 0 Å². The van der Waals surface area contributed by atoms with E-state index < -0.39 is 0 Å². The van der Waals surface area contributed by atoms with Crippen molar-refractivity contribution in [2.24, 2.45) is 5.92 Å². The largest absolute Gasteiger partial charge is 0.313 e. The summed E-state index contributed by atoms with van der Waals surface area (Å²) in [6, 6.07) is 11.9. The lowest BCUT2D eigenvalue weighted by Gasteiger charge is -2.28. The molecular formula is C16H26N2. The first-order chi connectivity index (χ1) is 8.77. The Morgan fingerprint density at radius 2 is 2.00 bits per heavy atom. The van der Waals surface area contributed by atoms with Gasteiger partial charge in [-0.3, -0.25) is 0 Å². The third-order valence-corrected chi connectivity index (χ3v) is 3.82. The van der Waals surface area contributed by atoms with Gasteiger partial charge in [0.2, 0.25) is 0 Å². The van der Waals surface area contributed by atoms with Crippen molar-refractivity contribution in [2.45, 2.75) is 45.2 Å². The van der Waals surface area contributed by atoms with E-state index in [1.54, 1.807) is 0 Å². The van der Waals surface area contributed by atoms with Crippen molar-refractivity contribution in [1.82, 2.24) is 10.6 Å². The number of hydrogen-bond acceptors (Lipinski definition) is 2. The summed E-state index contributed by atoms with van der Waals surface area (Å²) in [4.78, 5) is 0. The van der Waals surface area contributed by atoms with E-state index in [0.717, 1.165) is 6.54 Å². The average Bonchev–Trinajstić information content (AvgIpc) is 2.41. The predicted octanol–water partition coefficient (Wildman–Crippen LogP) is 3.12. The highest BCUT2D eigenvalue weighted by Crippen LogP contribution is 2.21. The fraction of sp³-hybridized carbons (Fsp3) is 0.625. The zero-order valence-corrected chi connectivity index (χ0v) is 11.7. The Morgan fingerprint density at radius 1 is 1.22 bits per heavy atom. The van der Waals surface area contributed by atoms with Gasteiger partial charge in [-0.05, 0) is 30.9 Å². The third kappa shape index (κ3) is 3.82. The van der Waals surface area contributed by atoms with E-state index in [-0.39, 0.29) is 0 Å². The number of benzene rings is 1. The van der Waals surface area contributed by atoms with E-state index in [0.29, 0.717) is 18.0 Å². The van der Waals surface area contributed by atoms with Gasteiger partial charge in [0, 0.05) is 18.6 Å². The lowest BCUT2D eigenvalue weighted by Crippen LogP contribution is -2.43. The third-order valence-electron chi connectivity index (χ3n) is 3.82. The van der Waals surface area contributed by atoms with Crippen molar-refractivity contribution in [3.63, 3.8) is 0 Å². The molecule has 2 rings (SSSR count). The maximum absolute atomic E-state index is 3.74. The smallest absolute Gasteiger partial charge is 0.0344 e. The van der Waals surface area contributed by atoms with Crippen molar-refractivity contribution < 1.29 is 0 Å². The van der Waals surface area contributed by atoms with Crippen molar-refractivity contribution in [3.05, 3.63) is 35.9 Å². The summed E-state index contributed by atoms with van der Waals surface area (Å²) >= 11 is 0. The monoisotopic (exact) mass is 246 g/mol. The number of piperidine rings is 1. The molecule has 1 aromatic rings. The van der Waals surface area contributed by atoms with Crippen LogP contribution >= 0.6 is 0 Å². The molecule has 1 saturated heterocycles. The fourth-order valence-corrected chi connectivity index (χ4v) is 2.77. The molecule has 1 aromatic carbocycles. The summed E-state index contributed by atoms with van der Waals surface area (Å²) in [6.45, 7) is 6.85. The molecular weight excluding hydrogens is 220 g/mol. The van der Waals surface area contributed by atoms with Gasteiger partial charge in [0.05, 0.1) is 0 Å². The average molecular weight is 246 g/mol. The van der Waals surface area contributed by atoms with Gasteiger partial charge in [0.15, 0.2) is 0 Å². The van der Waals surface area contributed by atoms with Gasteiger partial charge in [-0.2, -0.15) is 0 Å². The normalized spacial score (nSPS) is 22.1. The van der Waals surface area contributed by atoms with Crippen molar-refractivity contribution in [2.75, 3.05) is 13.1 Å². The lowest BCUT2D eigenvalue weighted by atomic mass is 9.95. The Hall–Kier alpha value is -0.860. The number of rotatable bonds is 5. The molecule has 2 unspecified atom stereocenters. The maximum Gasteiger partial charge on any atom is 0.0344 e. The lowest BCUT2D eigenvalue weighted by molar-refractivity contribution is 0.338. The van der Waals surface area contributed by atoms with Gasteiger partial charge in [0.25, 0.3) is 0 Å². The summed E-state index contributed by atoms with van der Waals surface area (Å²) in [6.07, 6.45) is 4.02. The minimum atomic E-state index is 0.468. The molecule has 1 aliphatic rings. The molecule has 1 heterocycles. The molecule has 0 aromatic heterocycles. The van der Waals surface area contributed by atoms with Crippen LogP contribution in [0.3, 0.4) is 0 Å². The molecule has 100 valence electrons. The van der Waals surface area contributed by atoms with Gasteiger partial charge < -0.3 is 10.6 Å². The highest BCUT2D eigenvalue weighted by atomic mass is 15.0. The summed E-state index contributed by atoms with van der Waals surface area (Å²) < 4.78 is 0. The second-order valence-corrected chi connectivity index (χ2v) is 5.69. The van der Waals surface area contributed by atoms with Crippen LogP contribution in [0.1, 0.15) is 44.7 Å². The number of nitrogens with one attached hydrogen (secondary N) is 2. The zero-order valence-electron chi connectivity index (χ0n) is 11.7. The van der Waals surface area contributed by atoms with E-state index in [1.165, 1.54) is 31.4 Å². The van der Waals surface area contributed by atoms with Crippen LogP contribution in [0.5, 0.6) is 0 Å². The van der Waals surface area contributed by atoms with E-state index in [1.807, 2.05) is 0 Å². The maximum atomic E-state index is 3.74. The van der Waals surface area contributed by atoms with Crippen LogP contribution in [0.15, 0.2) is 30.3 Å². The zero-order chi connectivity index (χ0) is 12.8. The summed E-state index contributed by atoms with van der Waals surface area (Å²) in [7, 11) is 0. The molecule has 2 atom stereocenters. The second kappa shape index (κ2) is 6.91. The highest BCUT2D eigenvalue weighted by molar-refractivity contribution is 5.19. The van der Waals surface area contributed by atoms with Crippen LogP contribution in [0, 0.1) is 5.92 Å². The van der Waals surface area contributed by atoms with Crippen molar-refractivity contribution in [3.8, 4) is 0 Å². The van der Waals surface area contributed by atoms with Gasteiger partial charge >= 0.3 is 0 Å². The first-order valence-electron chi connectivity index (χ1n) is 7.29. The van der Waals surface area contributed by atoms with Crippen LogP contribution < -0.4 is 10.6 Å². The topological polar surface area (TPSA) is 24.1 Å². The Labute approximate surface area is 111 Å². The van der Waals surface area contributed by atoms with Gasteiger partial charge in [-0.15, -0.1) is 0 Å². The molecule has 0 saturated carbocycles. The van der Waals surface area contributed by atoms with Gasteiger partial charge in [-0.1, -0.05) is 50.6 Å². The quantitative estimate of drug-likeness (QED) is 0.834. The molecule has 0 aliphatic carbocycles. The Bertz CT molecular complexity index is 328. The molecule has 0 radical (unpaired) electrons. The molecule has 1 aliphatic heterocycles. The van der Waals surface area contributed by atoms with E-state index in [4.69, 9.17) is 0 Å². The molecule has 2 N–H and O–H groups in total. The van der Waals surface area contributed by atoms with Crippen LogP contribution in [0.25, 0.3) is 0 Å². The Balaban J connectivity index is 1.90. The Morgan fingerprint density at radius 3 is 2.61 bits per heavy atom. The second-order valence-electron chi connectivity index (χ2n) is 5.69. The van der Waals surface area contributed by atoms with E-state index in [2.05, 4.69) is 54.8 Å². The van der Waals surface area contributed by atoms with E-state index >= 15 is 0 Å². The van der Waals surface area contributed by atoms with Crippen LogP contribution in [-0.2, 0) is 0 Å². The summed E-state index contributed by atoms with van der Waals surface area (Å²) in [5, 5.41) is 7.35. The van der Waals surface area contributed by atoms with Crippen molar-refractivity contribution in [1.29, 1.82) is 0 Å². The minimum Gasteiger partial charge on any atom is -0.313 e. The molecule has 0 bridgehead atoms. The minimum absolute atomic E-state index is 0.468. The number of hydrogen-bond donors (Lipinski definition) is 2. The molecule has 2 heteroatoms. The molecule has 0 amide bonds. The first-order valence-corrected chi connectivity index (χ1v) is 7.29. The van der Waals surface area contributed by atoms with Crippen LogP contribution in [0.4, 0.5) is 0 Å². The highest BCUT2D eigenvalue weighted by Gasteiger charge is 2.18. The molecule has 1 fully saturated rings. The Kier molecular flexibility index (Phi) is 5.21. The van der Waals surface area contributed by atoms with Crippen LogP contribution in [0.2, 0.25) is 0 Å². The van der Waals surface area contributed by atoms with E-state index in [9.17, 15) is 0 Å². The standard InChI is InChI=1S/C16H26N2/c1-13(2)16(14-8-4-3-5-9-14)18-12-15-10-6-7-11-17-15/h3-5,8-9,13,15-18H,6-7,10-12H2,1-2H3. The predicted molar refractivity (Wildman–Crippen MR) is 77.7 cm³/mol. The fourth-order valence-electron chi connectivity index (χ4n) is 2.77. The van der Waals surface area contributed by atoms with Gasteiger partial charge in [0.1, 0.15) is 0 Å². The first kappa shape index (κ1) is 13.6. The molecule has 2 nitrogen and oxygen atoms in total. The summed E-state index contributed by atoms with van der Waals surface area (Å²) in [5.74, 6) is 0.621. The van der Waals surface area contributed by atoms with Crippen LogP contribution in [-0.4, -0.2) is 19.1 Å². The summed E-state index contributed by atoms with van der Waals surface area (Å²) in [5.41, 5.74) is 1.41. The molecule has 0 spiro atoms. The molecule has 18 heavy (non-hydrogen) atoms. The SMILES string of the molecule is CC(C)C(NCC1CCCCN1)c1ccccc1. The van der Waals surface area contributed by atoms with Crippen molar-refractivity contribution >= 4 is 0 Å².